The molecule has 182 valence electrons. The lowest BCUT2D eigenvalue weighted by atomic mass is 10.1. The molecule has 1 amide bonds. The minimum absolute atomic E-state index is 0.0807. The summed E-state index contributed by atoms with van der Waals surface area (Å²) >= 11 is 0. The first-order valence-electron chi connectivity index (χ1n) is 11.0. The number of piperazine rings is 1. The number of rotatable bonds is 6. The molecule has 3 rings (SSSR count). The van der Waals surface area contributed by atoms with Gasteiger partial charge in [-0.15, -0.1) is 0 Å². The van der Waals surface area contributed by atoms with Crippen LogP contribution in [0.2, 0.25) is 0 Å². The van der Waals surface area contributed by atoms with Gasteiger partial charge in [-0.1, -0.05) is 0 Å². The summed E-state index contributed by atoms with van der Waals surface area (Å²) < 4.78 is 19.1. The molecule has 0 aromatic heterocycles. The molecule has 1 saturated heterocycles. The maximum Gasteiger partial charge on any atom is 0.310 e. The number of halogens is 1. The first kappa shape index (κ1) is 25.1. The SMILES string of the molecule is CN1CCN(c2ccc(C(=O)Nc3ccc(F)cc3CC(=O)OC(C)(C)C)cc2[N+](=O)[O-])CC1. The van der Waals surface area contributed by atoms with Crippen LogP contribution in [0.25, 0.3) is 0 Å². The van der Waals surface area contributed by atoms with Crippen molar-refractivity contribution in [2.24, 2.45) is 0 Å². The van der Waals surface area contributed by atoms with Crippen molar-refractivity contribution in [3.05, 3.63) is 63.5 Å². The number of likely N-dealkylation sites (N-methyl/N-ethyl adjacent to an activating group) is 1. The molecule has 9 nitrogen and oxygen atoms in total. The Hall–Kier alpha value is -3.53. The van der Waals surface area contributed by atoms with Crippen LogP contribution in [0.5, 0.6) is 0 Å². The Balaban J connectivity index is 1.82. The maximum absolute atomic E-state index is 13.8. The van der Waals surface area contributed by atoms with Crippen LogP contribution >= 0.6 is 0 Å². The third-order valence-corrected chi connectivity index (χ3v) is 5.35. The van der Waals surface area contributed by atoms with Gasteiger partial charge in [0.1, 0.15) is 17.1 Å². The van der Waals surface area contributed by atoms with Gasteiger partial charge in [-0.25, -0.2) is 4.39 Å². The highest BCUT2D eigenvalue weighted by atomic mass is 19.1. The topological polar surface area (TPSA) is 105 Å². The van der Waals surface area contributed by atoms with E-state index in [2.05, 4.69) is 10.2 Å². The lowest BCUT2D eigenvalue weighted by Gasteiger charge is -2.33. The summed E-state index contributed by atoms with van der Waals surface area (Å²) in [7, 11) is 1.99. The molecule has 1 heterocycles. The molecule has 34 heavy (non-hydrogen) atoms. The number of carbonyl (C=O) groups excluding carboxylic acids is 2. The number of hydrogen-bond acceptors (Lipinski definition) is 7. The number of nitrogens with one attached hydrogen (secondary N) is 1. The van der Waals surface area contributed by atoms with Crippen molar-refractivity contribution in [2.45, 2.75) is 32.8 Å². The number of ether oxygens (including phenoxy) is 1. The van der Waals surface area contributed by atoms with Crippen LogP contribution in [0.3, 0.4) is 0 Å². The summed E-state index contributed by atoms with van der Waals surface area (Å²) in [5, 5.41) is 14.4. The van der Waals surface area contributed by atoms with Crippen molar-refractivity contribution in [3.63, 3.8) is 0 Å². The van der Waals surface area contributed by atoms with E-state index in [1.165, 1.54) is 18.2 Å². The van der Waals surface area contributed by atoms with Crippen LogP contribution < -0.4 is 10.2 Å². The van der Waals surface area contributed by atoms with Crippen LogP contribution in [0, 0.1) is 15.9 Å². The number of amides is 1. The van der Waals surface area contributed by atoms with Crippen LogP contribution in [0.1, 0.15) is 36.7 Å². The molecule has 0 unspecified atom stereocenters. The second kappa shape index (κ2) is 10.2. The predicted molar refractivity (Wildman–Crippen MR) is 127 cm³/mol. The number of nitro groups is 1. The van der Waals surface area contributed by atoms with E-state index in [1.807, 2.05) is 11.9 Å². The Bertz CT molecular complexity index is 1090. The van der Waals surface area contributed by atoms with E-state index < -0.39 is 28.2 Å². The van der Waals surface area contributed by atoms with Gasteiger partial charge in [0, 0.05) is 43.5 Å². The second-order valence-electron chi connectivity index (χ2n) is 9.27. The molecule has 1 aliphatic rings. The molecular formula is C24H29FN4O5. The molecule has 2 aromatic carbocycles. The summed E-state index contributed by atoms with van der Waals surface area (Å²) in [5.41, 5.74) is 0.136. The number of esters is 1. The van der Waals surface area contributed by atoms with Gasteiger partial charge in [-0.05, 0) is 63.7 Å². The molecule has 10 heteroatoms. The van der Waals surface area contributed by atoms with Gasteiger partial charge in [0.25, 0.3) is 11.6 Å². The Labute approximate surface area is 197 Å². The van der Waals surface area contributed by atoms with Crippen molar-refractivity contribution in [1.82, 2.24) is 4.90 Å². The summed E-state index contributed by atoms with van der Waals surface area (Å²) in [5.74, 6) is -1.74. The largest absolute Gasteiger partial charge is 0.460 e. The molecule has 1 fully saturated rings. The van der Waals surface area contributed by atoms with E-state index in [1.54, 1.807) is 26.8 Å². The van der Waals surface area contributed by atoms with E-state index in [-0.39, 0.29) is 28.9 Å². The zero-order valence-electron chi connectivity index (χ0n) is 19.8. The van der Waals surface area contributed by atoms with Crippen molar-refractivity contribution >= 4 is 28.9 Å². The molecule has 0 spiro atoms. The summed E-state index contributed by atoms with van der Waals surface area (Å²) in [6.07, 6.45) is -0.243. The van der Waals surface area contributed by atoms with E-state index in [9.17, 15) is 24.1 Å². The van der Waals surface area contributed by atoms with Gasteiger partial charge in [-0.2, -0.15) is 0 Å². The first-order valence-corrected chi connectivity index (χ1v) is 11.0. The molecule has 0 saturated carbocycles. The minimum atomic E-state index is -0.710. The monoisotopic (exact) mass is 472 g/mol. The van der Waals surface area contributed by atoms with Crippen LogP contribution in [0.15, 0.2) is 36.4 Å². The molecule has 0 bridgehead atoms. The average Bonchev–Trinajstić information content (AvgIpc) is 2.74. The van der Waals surface area contributed by atoms with Crippen molar-refractivity contribution in [3.8, 4) is 0 Å². The average molecular weight is 473 g/mol. The quantitative estimate of drug-likeness (QED) is 0.389. The zero-order chi connectivity index (χ0) is 25.0. The predicted octanol–water partition coefficient (Wildman–Crippen LogP) is 3.62. The van der Waals surface area contributed by atoms with Crippen molar-refractivity contribution < 1.29 is 23.6 Å². The fraction of sp³-hybridized carbons (Fsp3) is 0.417. The van der Waals surface area contributed by atoms with Gasteiger partial charge in [-0.3, -0.25) is 19.7 Å². The van der Waals surface area contributed by atoms with Crippen LogP contribution in [-0.4, -0.2) is 60.5 Å². The Morgan fingerprint density at radius 2 is 1.79 bits per heavy atom. The number of hydrogen-bond donors (Lipinski definition) is 1. The van der Waals surface area contributed by atoms with Crippen LogP contribution in [0.4, 0.5) is 21.5 Å². The molecule has 0 radical (unpaired) electrons. The third-order valence-electron chi connectivity index (χ3n) is 5.35. The number of nitrogens with zero attached hydrogens (tertiary/aromatic N) is 3. The highest BCUT2D eigenvalue weighted by Gasteiger charge is 2.25. The van der Waals surface area contributed by atoms with Crippen molar-refractivity contribution in [2.75, 3.05) is 43.4 Å². The fourth-order valence-corrected chi connectivity index (χ4v) is 3.68. The van der Waals surface area contributed by atoms with Gasteiger partial charge >= 0.3 is 5.97 Å². The minimum Gasteiger partial charge on any atom is -0.460 e. The second-order valence-corrected chi connectivity index (χ2v) is 9.27. The summed E-state index contributed by atoms with van der Waals surface area (Å²) in [6.45, 7) is 8.02. The number of anilines is 2. The normalized spacial score (nSPS) is 14.6. The van der Waals surface area contributed by atoms with E-state index in [0.717, 1.165) is 25.2 Å². The summed E-state index contributed by atoms with van der Waals surface area (Å²) in [4.78, 5) is 40.4. The molecular weight excluding hydrogens is 443 g/mol. The number of carbonyl (C=O) groups is 2. The highest BCUT2D eigenvalue weighted by Crippen LogP contribution is 2.30. The smallest absolute Gasteiger partial charge is 0.310 e. The van der Waals surface area contributed by atoms with Gasteiger partial charge in [0.15, 0.2) is 0 Å². The Morgan fingerprint density at radius 1 is 1.12 bits per heavy atom. The molecule has 1 N–H and O–H groups in total. The van der Waals surface area contributed by atoms with Gasteiger partial charge in [0.2, 0.25) is 0 Å². The summed E-state index contributed by atoms with van der Waals surface area (Å²) in [6, 6.07) is 7.99. The van der Waals surface area contributed by atoms with E-state index >= 15 is 0 Å². The molecule has 1 aliphatic heterocycles. The Kier molecular flexibility index (Phi) is 7.51. The lowest BCUT2D eigenvalue weighted by molar-refractivity contribution is -0.384. The lowest BCUT2D eigenvalue weighted by Crippen LogP contribution is -2.44. The first-order chi connectivity index (χ1) is 15.9. The fourth-order valence-electron chi connectivity index (χ4n) is 3.68. The van der Waals surface area contributed by atoms with E-state index in [4.69, 9.17) is 4.74 Å². The van der Waals surface area contributed by atoms with Gasteiger partial charge < -0.3 is 19.9 Å². The molecule has 0 atom stereocenters. The standard InChI is InChI=1S/C24H29FN4O5/c1-24(2,3)34-22(30)15-17-13-18(25)6-7-19(17)26-23(31)16-5-8-20(21(14-16)29(32)33)28-11-9-27(4)10-12-28/h5-8,13-14H,9-12,15H2,1-4H3,(H,26,31). The van der Waals surface area contributed by atoms with Gasteiger partial charge in [0.05, 0.1) is 11.3 Å². The number of nitro benzene ring substituents is 1. The Morgan fingerprint density at radius 3 is 2.41 bits per heavy atom. The van der Waals surface area contributed by atoms with Crippen LogP contribution in [-0.2, 0) is 16.0 Å². The molecule has 2 aromatic rings. The molecule has 0 aliphatic carbocycles. The third kappa shape index (κ3) is 6.50. The van der Waals surface area contributed by atoms with E-state index in [0.29, 0.717) is 18.8 Å². The number of benzene rings is 2. The van der Waals surface area contributed by atoms with Crippen molar-refractivity contribution in [1.29, 1.82) is 0 Å². The maximum atomic E-state index is 13.8. The zero-order valence-corrected chi connectivity index (χ0v) is 19.8. The highest BCUT2D eigenvalue weighted by molar-refractivity contribution is 6.05.